The van der Waals surface area contributed by atoms with Crippen molar-refractivity contribution < 1.29 is 45.7 Å². The van der Waals surface area contributed by atoms with Gasteiger partial charge in [0, 0.05) is 30.5 Å². The van der Waals surface area contributed by atoms with Gasteiger partial charge in [-0.2, -0.15) is 0 Å². The van der Waals surface area contributed by atoms with Crippen molar-refractivity contribution in [1.29, 1.82) is 0 Å². The van der Waals surface area contributed by atoms with E-state index < -0.39 is 44.0 Å². The SMILES string of the molecule is COCCOCCOCC1(O)C2CCC1CC(S(=O)(=O)c1cc(C(=O)Nc3cc(F)c(F)c(F)c3)ccc1Cl)C2. The molecular formula is C27H31ClF3NO7S. The number of benzene rings is 2. The predicted molar refractivity (Wildman–Crippen MR) is 141 cm³/mol. The van der Waals surface area contributed by atoms with Crippen molar-refractivity contribution in [3.8, 4) is 0 Å². The van der Waals surface area contributed by atoms with Gasteiger partial charge < -0.3 is 24.6 Å². The molecule has 8 nitrogen and oxygen atoms in total. The van der Waals surface area contributed by atoms with Gasteiger partial charge in [0.25, 0.3) is 5.91 Å². The minimum atomic E-state index is -4.02. The summed E-state index contributed by atoms with van der Waals surface area (Å²) in [5.41, 5.74) is -1.61. The van der Waals surface area contributed by atoms with Crippen LogP contribution in [0.2, 0.25) is 5.02 Å². The van der Waals surface area contributed by atoms with Crippen LogP contribution in [0.25, 0.3) is 0 Å². The summed E-state index contributed by atoms with van der Waals surface area (Å²) in [6.45, 7) is 1.61. The maximum atomic E-state index is 13.7. The fraction of sp³-hybridized carbons (Fsp3) is 0.519. The summed E-state index contributed by atoms with van der Waals surface area (Å²) >= 11 is 6.26. The van der Waals surface area contributed by atoms with Crippen LogP contribution < -0.4 is 5.32 Å². The van der Waals surface area contributed by atoms with Gasteiger partial charge in [-0.3, -0.25) is 4.79 Å². The minimum Gasteiger partial charge on any atom is -0.387 e. The standard InChI is InChI=1S/C27H31ClF3NO7S/c1-37-6-7-38-8-9-39-15-27(34)17-3-4-18(27)12-20(11-17)40(35,36)24-10-16(2-5-21(24)28)26(33)32-19-13-22(29)25(31)23(30)14-19/h2,5,10,13-14,17-18,20,34H,3-4,6-9,11-12,15H2,1H3,(H,32,33). The van der Waals surface area contributed by atoms with Crippen molar-refractivity contribution in [3.05, 3.63) is 58.4 Å². The lowest BCUT2D eigenvalue weighted by molar-refractivity contribution is -0.119. The number of methoxy groups -OCH3 is 1. The van der Waals surface area contributed by atoms with Gasteiger partial charge in [-0.15, -0.1) is 0 Å². The first kappa shape index (κ1) is 30.7. The van der Waals surface area contributed by atoms with E-state index in [1.807, 2.05) is 0 Å². The van der Waals surface area contributed by atoms with E-state index in [0.717, 1.165) is 6.07 Å². The summed E-state index contributed by atoms with van der Waals surface area (Å²) in [6.07, 6.45) is 1.71. The van der Waals surface area contributed by atoms with Crippen LogP contribution in [-0.4, -0.2) is 70.4 Å². The first-order valence-corrected chi connectivity index (χ1v) is 14.8. The number of anilines is 1. The minimum absolute atomic E-state index is 0.0731. The van der Waals surface area contributed by atoms with Crippen LogP contribution in [0.15, 0.2) is 35.2 Å². The summed E-state index contributed by atoms with van der Waals surface area (Å²) < 4.78 is 83.6. The molecule has 2 aromatic rings. The Morgan fingerprint density at radius 3 is 2.25 bits per heavy atom. The smallest absolute Gasteiger partial charge is 0.255 e. The second-order valence-electron chi connectivity index (χ2n) is 10.1. The number of hydrogen-bond acceptors (Lipinski definition) is 7. The molecule has 2 fully saturated rings. The van der Waals surface area contributed by atoms with E-state index in [2.05, 4.69) is 5.32 Å². The predicted octanol–water partition coefficient (Wildman–Crippen LogP) is 4.38. The Labute approximate surface area is 235 Å². The molecule has 220 valence electrons. The van der Waals surface area contributed by atoms with Crippen LogP contribution in [-0.2, 0) is 24.0 Å². The zero-order valence-electron chi connectivity index (χ0n) is 21.8. The molecule has 2 aromatic carbocycles. The van der Waals surface area contributed by atoms with Gasteiger partial charge in [-0.1, -0.05) is 11.6 Å². The molecule has 0 radical (unpaired) electrons. The van der Waals surface area contributed by atoms with E-state index in [1.165, 1.54) is 12.1 Å². The Balaban J connectivity index is 1.44. The Morgan fingerprint density at radius 2 is 1.62 bits per heavy atom. The average molecular weight is 606 g/mol. The quantitative estimate of drug-likeness (QED) is 0.273. The van der Waals surface area contributed by atoms with Crippen molar-refractivity contribution in [2.24, 2.45) is 11.8 Å². The number of hydrogen-bond donors (Lipinski definition) is 2. The zero-order chi connectivity index (χ0) is 29.1. The second-order valence-corrected chi connectivity index (χ2v) is 12.7. The molecule has 4 rings (SSSR count). The number of fused-ring (bicyclic) bond motifs is 2. The van der Waals surface area contributed by atoms with Gasteiger partial charge in [0.2, 0.25) is 0 Å². The molecule has 0 spiro atoms. The monoisotopic (exact) mass is 605 g/mol. The van der Waals surface area contributed by atoms with E-state index in [0.29, 0.717) is 44.8 Å². The highest BCUT2D eigenvalue weighted by atomic mass is 35.5. The van der Waals surface area contributed by atoms with Crippen LogP contribution in [0.5, 0.6) is 0 Å². The van der Waals surface area contributed by atoms with E-state index >= 15 is 0 Å². The summed E-state index contributed by atoms with van der Waals surface area (Å²) in [4.78, 5) is 12.5. The molecule has 0 aliphatic heterocycles. The highest BCUT2D eigenvalue weighted by Crippen LogP contribution is 2.52. The van der Waals surface area contributed by atoms with Gasteiger partial charge in [-0.25, -0.2) is 21.6 Å². The van der Waals surface area contributed by atoms with Gasteiger partial charge in [-0.05, 0) is 55.7 Å². The molecule has 0 heterocycles. The Kier molecular flexibility index (Phi) is 9.79. The summed E-state index contributed by atoms with van der Waals surface area (Å²) in [6, 6.07) is 4.86. The highest BCUT2D eigenvalue weighted by Gasteiger charge is 2.55. The maximum Gasteiger partial charge on any atom is 0.255 e. The number of ether oxygens (including phenoxy) is 3. The number of amides is 1. The lowest BCUT2D eigenvalue weighted by Crippen LogP contribution is -2.51. The number of rotatable bonds is 12. The molecule has 2 aliphatic carbocycles. The van der Waals surface area contributed by atoms with Gasteiger partial charge in [0.1, 0.15) is 0 Å². The molecule has 1 amide bonds. The first-order valence-electron chi connectivity index (χ1n) is 12.8. The largest absolute Gasteiger partial charge is 0.387 e. The fourth-order valence-corrected chi connectivity index (χ4v) is 7.97. The third-order valence-corrected chi connectivity index (χ3v) is 10.3. The topological polar surface area (TPSA) is 111 Å². The summed E-state index contributed by atoms with van der Waals surface area (Å²) in [5.74, 6) is -6.10. The molecule has 2 unspecified atom stereocenters. The first-order chi connectivity index (χ1) is 19.0. The number of carbonyl (C=O) groups is 1. The summed E-state index contributed by atoms with van der Waals surface area (Å²) in [7, 11) is -2.44. The summed E-state index contributed by atoms with van der Waals surface area (Å²) in [5, 5.41) is 12.7. The number of sulfone groups is 1. The van der Waals surface area contributed by atoms with Crippen molar-refractivity contribution >= 4 is 33.0 Å². The molecular weight excluding hydrogens is 575 g/mol. The van der Waals surface area contributed by atoms with E-state index in [4.69, 9.17) is 25.8 Å². The average Bonchev–Trinajstić information content (AvgIpc) is 3.06. The molecule has 13 heteroatoms. The highest BCUT2D eigenvalue weighted by molar-refractivity contribution is 7.92. The Morgan fingerprint density at radius 1 is 1.02 bits per heavy atom. The van der Waals surface area contributed by atoms with Crippen molar-refractivity contribution in [2.45, 2.75) is 41.4 Å². The number of aliphatic hydroxyl groups is 1. The van der Waals surface area contributed by atoms with Crippen molar-refractivity contribution in [2.75, 3.05) is 45.5 Å². The fourth-order valence-electron chi connectivity index (χ4n) is 5.57. The number of carbonyl (C=O) groups excluding carboxylic acids is 1. The van der Waals surface area contributed by atoms with E-state index in [-0.39, 0.29) is 59.1 Å². The molecule has 2 bridgehead atoms. The van der Waals surface area contributed by atoms with Crippen LogP contribution in [0, 0.1) is 29.3 Å². The van der Waals surface area contributed by atoms with Gasteiger partial charge in [0.15, 0.2) is 27.3 Å². The van der Waals surface area contributed by atoms with E-state index in [9.17, 15) is 31.5 Å². The van der Waals surface area contributed by atoms with Gasteiger partial charge >= 0.3 is 0 Å². The molecule has 2 aliphatic rings. The van der Waals surface area contributed by atoms with Crippen molar-refractivity contribution in [1.82, 2.24) is 0 Å². The van der Waals surface area contributed by atoms with Crippen LogP contribution in [0.4, 0.5) is 18.9 Å². The molecule has 40 heavy (non-hydrogen) atoms. The molecule has 2 atom stereocenters. The molecule has 0 aromatic heterocycles. The number of nitrogens with one attached hydrogen (secondary N) is 1. The van der Waals surface area contributed by atoms with Crippen LogP contribution in [0.1, 0.15) is 36.0 Å². The van der Waals surface area contributed by atoms with Gasteiger partial charge in [0.05, 0.1) is 53.8 Å². The van der Waals surface area contributed by atoms with E-state index in [1.54, 1.807) is 7.11 Å². The molecule has 0 saturated heterocycles. The number of halogens is 4. The van der Waals surface area contributed by atoms with Crippen LogP contribution >= 0.6 is 11.6 Å². The Hall–Kier alpha value is -2.22. The van der Waals surface area contributed by atoms with Crippen LogP contribution in [0.3, 0.4) is 0 Å². The van der Waals surface area contributed by atoms with Crippen molar-refractivity contribution in [3.63, 3.8) is 0 Å². The molecule has 2 N–H and O–H groups in total. The zero-order valence-corrected chi connectivity index (χ0v) is 23.4. The molecule has 2 saturated carbocycles. The lowest BCUT2D eigenvalue weighted by atomic mass is 9.75. The Bertz CT molecular complexity index is 1310. The maximum absolute atomic E-state index is 13.7. The lowest BCUT2D eigenvalue weighted by Gasteiger charge is -2.42. The second kappa shape index (κ2) is 12.7. The third kappa shape index (κ3) is 6.47. The normalized spacial score (nSPS) is 24.3. The third-order valence-electron chi connectivity index (χ3n) is 7.69.